The molecule has 0 fully saturated rings. The summed E-state index contributed by atoms with van der Waals surface area (Å²) in [5, 5.41) is 0. The van der Waals surface area contributed by atoms with Gasteiger partial charge in [0.2, 0.25) is 0 Å². The van der Waals surface area contributed by atoms with Crippen LogP contribution in [0.15, 0.2) is 48.5 Å². The van der Waals surface area contributed by atoms with Gasteiger partial charge in [-0.1, -0.05) is 102 Å². The van der Waals surface area contributed by atoms with Gasteiger partial charge in [0.15, 0.2) is 0 Å². The lowest BCUT2D eigenvalue weighted by molar-refractivity contribution is 0.805. The van der Waals surface area contributed by atoms with Crippen molar-refractivity contribution in [2.24, 2.45) is 0 Å². The minimum absolute atomic E-state index is 1.15. The molecule has 0 amide bonds. The van der Waals surface area contributed by atoms with Crippen LogP contribution in [0, 0.1) is 0 Å². The van der Waals surface area contributed by atoms with Gasteiger partial charge in [-0.2, -0.15) is 0 Å². The van der Waals surface area contributed by atoms with Crippen LogP contribution in [0.25, 0.3) is 0 Å². The molecule has 2 rings (SSSR count). The van der Waals surface area contributed by atoms with E-state index in [2.05, 4.69) is 111 Å². The molecule has 0 unspecified atom stereocenters. The fraction of sp³-hybridized carbons (Fsp3) is 0.556. The van der Waals surface area contributed by atoms with Gasteiger partial charge in [0.1, 0.15) is 16.5 Å². The molecule has 0 heterocycles. The highest BCUT2D eigenvalue weighted by Gasteiger charge is 2.28. The van der Waals surface area contributed by atoms with Crippen LogP contribution in [-0.2, 0) is 12.8 Å². The zero-order valence-corrected chi connectivity index (χ0v) is 23.5. The van der Waals surface area contributed by atoms with Gasteiger partial charge in [-0.15, -0.1) is 0 Å². The maximum atomic E-state index is 2.78. The summed E-state index contributed by atoms with van der Waals surface area (Å²) in [5.41, 5.74) is 5.99. The van der Waals surface area contributed by atoms with Crippen LogP contribution in [0.2, 0.25) is 39.3 Å². The van der Waals surface area contributed by atoms with Crippen LogP contribution in [0.3, 0.4) is 0 Å². The largest absolute Gasteiger partial charge is 0.398 e. The van der Waals surface area contributed by atoms with Crippen molar-refractivity contribution in [3.8, 4) is 0 Å². The van der Waals surface area contributed by atoms with Crippen molar-refractivity contribution in [3.05, 3.63) is 59.7 Å². The van der Waals surface area contributed by atoms with E-state index in [9.17, 15) is 0 Å². The molecule has 0 bridgehead atoms. The van der Waals surface area contributed by atoms with Crippen LogP contribution in [0.4, 0.5) is 11.4 Å². The second kappa shape index (κ2) is 11.4. The van der Waals surface area contributed by atoms with Crippen molar-refractivity contribution in [2.45, 2.75) is 85.2 Å². The molecule has 4 heteroatoms. The molecule has 0 atom stereocenters. The predicted molar refractivity (Wildman–Crippen MR) is 147 cm³/mol. The Labute approximate surface area is 194 Å². The number of anilines is 2. The summed E-state index contributed by atoms with van der Waals surface area (Å²) in [5.74, 6) is 0. The summed E-state index contributed by atoms with van der Waals surface area (Å²) >= 11 is 0. The van der Waals surface area contributed by atoms with Crippen molar-refractivity contribution in [2.75, 3.05) is 22.2 Å². The van der Waals surface area contributed by atoms with Gasteiger partial charge >= 0.3 is 0 Å². The molecule has 2 aromatic carbocycles. The summed E-state index contributed by atoms with van der Waals surface area (Å²) in [7, 11) is -2.97. The molecule has 0 aliphatic heterocycles. The third kappa shape index (κ3) is 7.25. The van der Waals surface area contributed by atoms with Crippen LogP contribution >= 0.6 is 0 Å². The molecule has 0 aliphatic rings. The molecule has 172 valence electrons. The van der Waals surface area contributed by atoms with Gasteiger partial charge in [-0.25, -0.2) is 0 Å². The number of para-hydroxylation sites is 2. The number of aryl methyl sites for hydroxylation is 2. The number of rotatable bonds is 12. The van der Waals surface area contributed by atoms with E-state index in [0.29, 0.717) is 0 Å². The fourth-order valence-electron chi connectivity index (χ4n) is 4.53. The molecule has 0 saturated carbocycles. The topological polar surface area (TPSA) is 6.48 Å². The van der Waals surface area contributed by atoms with E-state index in [4.69, 9.17) is 0 Å². The minimum atomic E-state index is -1.48. The van der Waals surface area contributed by atoms with Gasteiger partial charge in [0, 0.05) is 24.5 Å². The second-order valence-corrected chi connectivity index (χ2v) is 20.5. The summed E-state index contributed by atoms with van der Waals surface area (Å²) in [6.45, 7) is 21.8. The molecule has 31 heavy (non-hydrogen) atoms. The maximum absolute atomic E-state index is 2.78. The predicted octanol–water partition coefficient (Wildman–Crippen LogP) is 7.96. The molecule has 2 nitrogen and oxygen atoms in total. The molecular formula is C27H46N2Si2. The SMILES string of the molecule is CCCc1ccccc1N(CCCN(c1ccccc1CCC)[Si](C)(C)C)[Si](C)(C)C. The molecule has 0 spiro atoms. The lowest BCUT2D eigenvalue weighted by atomic mass is 10.1. The first-order valence-electron chi connectivity index (χ1n) is 12.3. The van der Waals surface area contributed by atoms with Gasteiger partial charge in [0.05, 0.1) is 0 Å². The molecule has 2 aromatic rings. The van der Waals surface area contributed by atoms with Crippen molar-refractivity contribution in [1.82, 2.24) is 0 Å². The zero-order chi connectivity index (χ0) is 23.1. The van der Waals surface area contributed by atoms with E-state index in [-0.39, 0.29) is 0 Å². The van der Waals surface area contributed by atoms with E-state index in [0.717, 1.165) is 13.1 Å². The van der Waals surface area contributed by atoms with E-state index in [1.54, 1.807) is 0 Å². The zero-order valence-electron chi connectivity index (χ0n) is 21.5. The lowest BCUT2D eigenvalue weighted by Gasteiger charge is -2.41. The maximum Gasteiger partial charge on any atom is 0.147 e. The highest BCUT2D eigenvalue weighted by molar-refractivity contribution is 6.80. The monoisotopic (exact) mass is 454 g/mol. The third-order valence-electron chi connectivity index (χ3n) is 5.99. The standard InChI is InChI=1S/C27H46N2Si2/c1-9-16-24-18-11-13-20-26(24)28(30(3,4)5)22-15-23-29(31(6,7)8)27-21-14-12-19-25(27)17-10-2/h11-14,18-21H,9-10,15-17,22-23H2,1-8H3. The Balaban J connectivity index is 2.25. The van der Waals surface area contributed by atoms with Crippen LogP contribution < -0.4 is 9.13 Å². The fourth-order valence-corrected chi connectivity index (χ4v) is 8.07. The van der Waals surface area contributed by atoms with E-state index in [1.165, 1.54) is 54.6 Å². The van der Waals surface area contributed by atoms with Gasteiger partial charge in [0.25, 0.3) is 0 Å². The van der Waals surface area contributed by atoms with Crippen molar-refractivity contribution >= 4 is 27.8 Å². The molecular weight excluding hydrogens is 408 g/mol. The quantitative estimate of drug-likeness (QED) is 0.300. The van der Waals surface area contributed by atoms with E-state index in [1.807, 2.05) is 0 Å². The molecule has 0 radical (unpaired) electrons. The Bertz CT molecular complexity index is 738. The normalized spacial score (nSPS) is 12.1. The molecule has 0 aromatic heterocycles. The minimum Gasteiger partial charge on any atom is -0.398 e. The van der Waals surface area contributed by atoms with Gasteiger partial charge < -0.3 is 9.13 Å². The van der Waals surface area contributed by atoms with Crippen LogP contribution in [0.1, 0.15) is 44.2 Å². The van der Waals surface area contributed by atoms with Gasteiger partial charge in [-0.3, -0.25) is 0 Å². The van der Waals surface area contributed by atoms with Crippen LogP contribution in [0.5, 0.6) is 0 Å². The Morgan fingerprint density at radius 2 is 0.935 bits per heavy atom. The van der Waals surface area contributed by atoms with E-state index < -0.39 is 16.5 Å². The Hall–Kier alpha value is -1.53. The summed E-state index contributed by atoms with van der Waals surface area (Å²) in [6, 6.07) is 18.2. The highest BCUT2D eigenvalue weighted by Crippen LogP contribution is 2.29. The van der Waals surface area contributed by atoms with E-state index >= 15 is 0 Å². The smallest absolute Gasteiger partial charge is 0.147 e. The summed E-state index contributed by atoms with van der Waals surface area (Å²) < 4.78 is 5.55. The number of hydrogen-bond donors (Lipinski definition) is 0. The molecule has 0 saturated heterocycles. The summed E-state index contributed by atoms with van der Waals surface area (Å²) in [6.07, 6.45) is 5.95. The average Bonchev–Trinajstić information content (AvgIpc) is 2.68. The molecule has 0 N–H and O–H groups in total. The number of nitrogens with zero attached hydrogens (tertiary/aromatic N) is 2. The second-order valence-electron chi connectivity index (χ2n) is 10.8. The van der Waals surface area contributed by atoms with Gasteiger partial charge in [-0.05, 0) is 42.5 Å². The molecule has 0 aliphatic carbocycles. The Kier molecular flexibility index (Phi) is 9.44. The highest BCUT2D eigenvalue weighted by atomic mass is 28.3. The number of hydrogen-bond acceptors (Lipinski definition) is 2. The number of benzene rings is 2. The van der Waals surface area contributed by atoms with Crippen molar-refractivity contribution < 1.29 is 0 Å². The van der Waals surface area contributed by atoms with Crippen molar-refractivity contribution in [1.29, 1.82) is 0 Å². The average molecular weight is 455 g/mol. The first kappa shape index (κ1) is 25.7. The Morgan fingerprint density at radius 3 is 1.26 bits per heavy atom. The van der Waals surface area contributed by atoms with Crippen molar-refractivity contribution in [3.63, 3.8) is 0 Å². The summed E-state index contributed by atoms with van der Waals surface area (Å²) in [4.78, 5) is 0. The third-order valence-corrected chi connectivity index (χ3v) is 10.2. The Morgan fingerprint density at radius 1 is 0.581 bits per heavy atom. The first-order valence-corrected chi connectivity index (χ1v) is 19.2. The first-order chi connectivity index (χ1) is 14.6. The lowest BCUT2D eigenvalue weighted by Crippen LogP contribution is -2.50. The van der Waals surface area contributed by atoms with Crippen LogP contribution in [-0.4, -0.2) is 29.6 Å².